The number of rotatable bonds is 10. The molecule has 4 heteroatoms. The van der Waals surface area contributed by atoms with E-state index in [9.17, 15) is 5.11 Å². The number of benzene rings is 2. The summed E-state index contributed by atoms with van der Waals surface area (Å²) in [4.78, 5) is 0. The zero-order chi connectivity index (χ0) is 33.0. The Hall–Kier alpha value is -2.20. The third-order valence-electron chi connectivity index (χ3n) is 2.75. The van der Waals surface area contributed by atoms with E-state index in [1.807, 2.05) is 0 Å². The van der Waals surface area contributed by atoms with E-state index < -0.39 is 110 Å². The summed E-state index contributed by atoms with van der Waals surface area (Å²) in [5, 5.41) is 10.6. The molecule has 2 rings (SSSR count). The van der Waals surface area contributed by atoms with Gasteiger partial charge in [-0.1, -0.05) is 24.5 Å². The van der Waals surface area contributed by atoms with Crippen LogP contribution in [0.5, 0.6) is 17.2 Å². The lowest BCUT2D eigenvalue weighted by Gasteiger charge is -2.13. The van der Waals surface area contributed by atoms with Gasteiger partial charge in [-0.3, -0.25) is 0 Å². The number of ether oxygens (including phenoxy) is 3. The molecule has 0 heterocycles. The molecule has 1 unspecified atom stereocenters. The lowest BCUT2D eigenvalue weighted by atomic mass is 10.0. The van der Waals surface area contributed by atoms with Gasteiger partial charge in [-0.25, -0.2) is 0 Å². The van der Waals surface area contributed by atoms with E-state index in [0.29, 0.717) is 0 Å². The first-order chi connectivity index (χ1) is 18.8. The SMILES string of the molecule is [2H]c1c([2H])c(C)c([2H])c(OC([2H])([2H])C([2H])(O)CCC([2H])([2H])C([2H])([2H])c2c([2H])c([2H])c(OC)c(OC([2H])([2H])[2H])c2[2H])c1[2H]. The molecule has 136 valence electrons. The van der Waals surface area contributed by atoms with Gasteiger partial charge in [-0.05, 0) is 61.4 Å². The average molecular weight is 362 g/mol. The van der Waals surface area contributed by atoms with E-state index in [1.54, 1.807) is 0 Å². The molecule has 0 fully saturated rings. The van der Waals surface area contributed by atoms with Gasteiger partial charge in [0.25, 0.3) is 0 Å². The molecule has 0 bridgehead atoms. The van der Waals surface area contributed by atoms with Gasteiger partial charge in [0.15, 0.2) is 11.5 Å². The van der Waals surface area contributed by atoms with Crippen molar-refractivity contribution in [2.45, 2.75) is 38.6 Å². The van der Waals surface area contributed by atoms with Crippen LogP contribution in [-0.2, 0) is 6.37 Å². The molecular weight excluding hydrogens is 316 g/mol. The molecule has 1 N–H and O–H groups in total. The highest BCUT2D eigenvalue weighted by Crippen LogP contribution is 2.28. The van der Waals surface area contributed by atoms with Gasteiger partial charge in [-0.15, -0.1) is 0 Å². The Bertz CT molecular complexity index is 1330. The third-order valence-corrected chi connectivity index (χ3v) is 2.75. The number of hydrogen-bond acceptors (Lipinski definition) is 4. The van der Waals surface area contributed by atoms with Crippen molar-refractivity contribution < 1.29 is 42.6 Å². The van der Waals surface area contributed by atoms with Crippen LogP contribution in [0.1, 0.15) is 53.6 Å². The summed E-state index contributed by atoms with van der Waals surface area (Å²) >= 11 is 0. The molecule has 0 spiro atoms. The maximum Gasteiger partial charge on any atom is 0.160 e. The molecule has 0 aliphatic heterocycles. The normalized spacial score (nSPS) is 25.2. The van der Waals surface area contributed by atoms with Crippen molar-refractivity contribution in [3.8, 4) is 17.2 Å². The number of methoxy groups -OCH3 is 2. The van der Waals surface area contributed by atoms with Crippen LogP contribution in [0.2, 0.25) is 0 Å². The standard InChI is InChI=1S/C21H28O4/c1-16-7-6-10-19(13-16)25-15-18(22)9-5-4-8-17-11-12-20(23-2)21(14-17)24-3/h6-7,10-14,18,22H,4-5,8-9,15H2,1-3H3/i3D3,4D2,6D,7D,8D2,10D,11D,12D,13D,14D,15D2,18D. The Morgan fingerprint density at radius 2 is 2.12 bits per heavy atom. The summed E-state index contributed by atoms with van der Waals surface area (Å²) in [5.41, 5.74) is -1.25. The summed E-state index contributed by atoms with van der Waals surface area (Å²) in [5.74, 6) is -2.49. The second kappa shape index (κ2) is 9.94. The highest BCUT2D eigenvalue weighted by molar-refractivity contribution is 5.42. The van der Waals surface area contributed by atoms with E-state index in [-0.39, 0.29) is 5.56 Å². The van der Waals surface area contributed by atoms with Crippen LogP contribution < -0.4 is 14.2 Å². The largest absolute Gasteiger partial charge is 0.493 e. The molecule has 2 aromatic rings. The fourth-order valence-corrected chi connectivity index (χ4v) is 1.61. The van der Waals surface area contributed by atoms with E-state index >= 15 is 0 Å². The van der Waals surface area contributed by atoms with E-state index in [1.165, 1.54) is 6.92 Å². The Morgan fingerprint density at radius 1 is 1.24 bits per heavy atom. The Balaban J connectivity index is 2.50. The fraction of sp³-hybridized carbons (Fsp3) is 0.429. The van der Waals surface area contributed by atoms with Crippen molar-refractivity contribution >= 4 is 0 Å². The monoisotopic (exact) mass is 361 g/mol. The van der Waals surface area contributed by atoms with Crippen LogP contribution >= 0.6 is 0 Å². The Kier molecular flexibility index (Phi) is 2.59. The predicted octanol–water partition coefficient (Wildman–Crippen LogP) is 4.16. The second-order valence-electron chi connectivity index (χ2n) is 4.62. The van der Waals surface area contributed by atoms with Gasteiger partial charge in [0.1, 0.15) is 12.3 Å². The predicted molar refractivity (Wildman–Crippen MR) is 99.8 cm³/mol. The summed E-state index contributed by atoms with van der Waals surface area (Å²) in [6, 6.07) is -5.77. The second-order valence-corrected chi connectivity index (χ2v) is 4.62. The minimum absolute atomic E-state index is 0.146. The molecule has 1 atom stereocenters. The molecule has 0 aromatic heterocycles. The van der Waals surface area contributed by atoms with Crippen LogP contribution in [0, 0.1) is 6.92 Å². The van der Waals surface area contributed by atoms with Crippen LogP contribution in [0.25, 0.3) is 0 Å². The van der Waals surface area contributed by atoms with Crippen LogP contribution in [0.4, 0.5) is 0 Å². The number of hydrogen-bond donors (Lipinski definition) is 1. The summed E-state index contributed by atoms with van der Waals surface area (Å²) < 4.78 is 150. The van der Waals surface area contributed by atoms with Gasteiger partial charge in [0.05, 0.1) is 38.0 Å². The first-order valence-electron chi connectivity index (χ1n) is 15.6. The maximum atomic E-state index is 10.6. The summed E-state index contributed by atoms with van der Waals surface area (Å²) in [6.07, 6.45) is -12.3. The van der Waals surface area contributed by atoms with Crippen molar-refractivity contribution in [1.29, 1.82) is 0 Å². The van der Waals surface area contributed by atoms with Crippen molar-refractivity contribution in [2.75, 3.05) is 20.7 Å². The molecular formula is C21H28O4. The highest BCUT2D eigenvalue weighted by Gasteiger charge is 2.07. The highest BCUT2D eigenvalue weighted by atomic mass is 16.5. The first kappa shape index (κ1) is 6.51. The van der Waals surface area contributed by atoms with E-state index in [0.717, 1.165) is 7.11 Å². The number of aliphatic hydroxyl groups is 1. The zero-order valence-corrected chi connectivity index (χ0v) is 13.6. The van der Waals surface area contributed by atoms with E-state index in [4.69, 9.17) is 37.5 Å². The van der Waals surface area contributed by atoms with Crippen LogP contribution in [-0.4, -0.2) is 31.9 Å². The summed E-state index contributed by atoms with van der Waals surface area (Å²) in [7, 11) is -2.22. The maximum absolute atomic E-state index is 10.6. The van der Waals surface area contributed by atoms with Crippen molar-refractivity contribution in [3.05, 3.63) is 53.4 Å². The fourth-order valence-electron chi connectivity index (χ4n) is 1.61. The topological polar surface area (TPSA) is 47.9 Å². The molecule has 0 aliphatic carbocycles. The van der Waals surface area contributed by atoms with Crippen molar-refractivity contribution in [1.82, 2.24) is 0 Å². The summed E-state index contributed by atoms with van der Waals surface area (Å²) in [6.45, 7) is -2.23. The Labute approximate surface area is 174 Å². The minimum Gasteiger partial charge on any atom is -0.493 e. The van der Waals surface area contributed by atoms with Gasteiger partial charge in [0, 0.05) is 5.48 Å². The average Bonchev–Trinajstić information content (AvgIpc) is 2.85. The van der Waals surface area contributed by atoms with Crippen molar-refractivity contribution in [3.63, 3.8) is 0 Å². The smallest absolute Gasteiger partial charge is 0.160 e. The van der Waals surface area contributed by atoms with Gasteiger partial charge < -0.3 is 19.3 Å². The lowest BCUT2D eigenvalue weighted by Crippen LogP contribution is -2.17. The molecule has 0 amide bonds. The quantitative estimate of drug-likeness (QED) is 0.690. The first-order valence-corrected chi connectivity index (χ1v) is 7.11. The van der Waals surface area contributed by atoms with Gasteiger partial charge in [0.2, 0.25) is 0 Å². The van der Waals surface area contributed by atoms with Crippen LogP contribution in [0.15, 0.2) is 42.3 Å². The molecule has 0 radical (unpaired) electrons. The molecule has 2 aromatic carbocycles. The molecule has 0 saturated heterocycles. The van der Waals surface area contributed by atoms with Crippen molar-refractivity contribution in [2.24, 2.45) is 0 Å². The van der Waals surface area contributed by atoms with Gasteiger partial charge >= 0.3 is 0 Å². The van der Waals surface area contributed by atoms with Gasteiger partial charge in [-0.2, -0.15) is 0 Å². The minimum atomic E-state index is -3.47. The van der Waals surface area contributed by atoms with Crippen LogP contribution in [0.3, 0.4) is 0 Å². The Morgan fingerprint density at radius 3 is 2.92 bits per heavy atom. The molecule has 0 saturated carbocycles. The molecule has 0 aliphatic rings. The third kappa shape index (κ3) is 6.31. The van der Waals surface area contributed by atoms with E-state index in [2.05, 4.69) is 0 Å². The molecule has 25 heavy (non-hydrogen) atoms. The zero-order valence-electron chi connectivity index (χ0n) is 30.6. The lowest BCUT2D eigenvalue weighted by molar-refractivity contribution is 0.0976. The molecule has 4 nitrogen and oxygen atoms in total.